The Morgan fingerprint density at radius 2 is 1.85 bits per heavy atom. The Labute approximate surface area is 154 Å². The fourth-order valence-corrected chi connectivity index (χ4v) is 3.45. The monoisotopic (exact) mass is 360 g/mol. The standard InChI is InChI=1S/C20H28N2O4/c1-15-5-7-17(8-6-15)9-10-19(24)21-12-3-4-18(11-13-21)22(16(2)23)14-20(25)26/h5-8,18H,3-4,9-14H2,1-2H3,(H,25,26). The fourth-order valence-electron chi connectivity index (χ4n) is 3.45. The second-order valence-electron chi connectivity index (χ2n) is 6.99. The van der Waals surface area contributed by atoms with Gasteiger partial charge in [0.15, 0.2) is 0 Å². The second kappa shape index (κ2) is 9.36. The third-order valence-electron chi connectivity index (χ3n) is 4.95. The number of benzene rings is 1. The highest BCUT2D eigenvalue weighted by atomic mass is 16.4. The van der Waals surface area contributed by atoms with Crippen molar-refractivity contribution in [2.24, 2.45) is 0 Å². The number of rotatable bonds is 6. The van der Waals surface area contributed by atoms with Crippen LogP contribution in [0.5, 0.6) is 0 Å². The van der Waals surface area contributed by atoms with E-state index in [1.54, 1.807) is 0 Å². The van der Waals surface area contributed by atoms with Gasteiger partial charge in [-0.3, -0.25) is 14.4 Å². The van der Waals surface area contributed by atoms with Gasteiger partial charge in [-0.2, -0.15) is 0 Å². The first-order valence-corrected chi connectivity index (χ1v) is 9.19. The molecule has 1 aliphatic heterocycles. The number of nitrogens with zero attached hydrogens (tertiary/aromatic N) is 2. The Kier molecular flexibility index (Phi) is 7.18. The van der Waals surface area contributed by atoms with E-state index in [2.05, 4.69) is 24.3 Å². The number of aryl methyl sites for hydroxylation is 2. The molecule has 1 atom stereocenters. The van der Waals surface area contributed by atoms with E-state index in [1.165, 1.54) is 17.4 Å². The Hall–Kier alpha value is -2.37. The Morgan fingerprint density at radius 3 is 2.46 bits per heavy atom. The summed E-state index contributed by atoms with van der Waals surface area (Å²) in [6.07, 6.45) is 3.33. The van der Waals surface area contributed by atoms with Gasteiger partial charge in [-0.05, 0) is 38.2 Å². The first-order chi connectivity index (χ1) is 12.4. The summed E-state index contributed by atoms with van der Waals surface area (Å²) in [6, 6.07) is 8.10. The van der Waals surface area contributed by atoms with E-state index in [1.807, 2.05) is 11.8 Å². The van der Waals surface area contributed by atoms with Crippen molar-refractivity contribution in [1.29, 1.82) is 0 Å². The Morgan fingerprint density at radius 1 is 1.15 bits per heavy atom. The van der Waals surface area contributed by atoms with Crippen molar-refractivity contribution in [2.75, 3.05) is 19.6 Å². The summed E-state index contributed by atoms with van der Waals surface area (Å²) in [4.78, 5) is 38.6. The minimum Gasteiger partial charge on any atom is -0.480 e. The van der Waals surface area contributed by atoms with Gasteiger partial charge < -0.3 is 14.9 Å². The van der Waals surface area contributed by atoms with E-state index in [4.69, 9.17) is 5.11 Å². The van der Waals surface area contributed by atoms with Gasteiger partial charge in [0, 0.05) is 32.5 Å². The number of carbonyl (C=O) groups excluding carboxylic acids is 2. The van der Waals surface area contributed by atoms with Crippen molar-refractivity contribution in [3.63, 3.8) is 0 Å². The van der Waals surface area contributed by atoms with Crippen LogP contribution < -0.4 is 0 Å². The molecule has 2 rings (SSSR count). The number of hydrogen-bond donors (Lipinski definition) is 1. The van der Waals surface area contributed by atoms with Gasteiger partial charge in [0.2, 0.25) is 11.8 Å². The molecule has 1 aliphatic rings. The van der Waals surface area contributed by atoms with Gasteiger partial charge in [0.05, 0.1) is 0 Å². The molecule has 0 radical (unpaired) electrons. The molecule has 0 spiro atoms. The van der Waals surface area contributed by atoms with Crippen molar-refractivity contribution in [3.05, 3.63) is 35.4 Å². The Balaban J connectivity index is 1.88. The topological polar surface area (TPSA) is 77.9 Å². The Bertz CT molecular complexity index is 642. The summed E-state index contributed by atoms with van der Waals surface area (Å²) < 4.78 is 0. The molecule has 1 heterocycles. The summed E-state index contributed by atoms with van der Waals surface area (Å²) in [6.45, 7) is 4.40. The third kappa shape index (κ3) is 5.86. The SMILES string of the molecule is CC(=O)N(CC(=O)O)C1CCCN(C(=O)CCc2ccc(C)cc2)CC1. The van der Waals surface area contributed by atoms with Crippen LogP contribution in [0, 0.1) is 6.92 Å². The van der Waals surface area contributed by atoms with Crippen LogP contribution in [0.15, 0.2) is 24.3 Å². The number of hydrogen-bond acceptors (Lipinski definition) is 3. The van der Waals surface area contributed by atoms with Crippen LogP contribution in [0.2, 0.25) is 0 Å². The molecular formula is C20H28N2O4. The van der Waals surface area contributed by atoms with Crippen LogP contribution in [0.4, 0.5) is 0 Å². The van der Waals surface area contributed by atoms with Gasteiger partial charge in [-0.15, -0.1) is 0 Å². The second-order valence-corrected chi connectivity index (χ2v) is 6.99. The zero-order valence-corrected chi connectivity index (χ0v) is 15.6. The molecule has 1 saturated heterocycles. The van der Waals surface area contributed by atoms with Gasteiger partial charge in [-0.1, -0.05) is 29.8 Å². The quantitative estimate of drug-likeness (QED) is 0.844. The summed E-state index contributed by atoms with van der Waals surface area (Å²) in [5, 5.41) is 9.01. The maximum absolute atomic E-state index is 12.5. The van der Waals surface area contributed by atoms with Crippen molar-refractivity contribution in [3.8, 4) is 0 Å². The molecule has 1 unspecified atom stereocenters. The lowest BCUT2D eigenvalue weighted by atomic mass is 10.1. The average Bonchev–Trinajstić information content (AvgIpc) is 2.84. The lowest BCUT2D eigenvalue weighted by Crippen LogP contribution is -2.43. The highest BCUT2D eigenvalue weighted by Crippen LogP contribution is 2.18. The summed E-state index contributed by atoms with van der Waals surface area (Å²) >= 11 is 0. The van der Waals surface area contributed by atoms with E-state index in [0.29, 0.717) is 25.9 Å². The highest BCUT2D eigenvalue weighted by Gasteiger charge is 2.27. The minimum absolute atomic E-state index is 0.113. The van der Waals surface area contributed by atoms with Crippen LogP contribution in [-0.4, -0.2) is 58.4 Å². The summed E-state index contributed by atoms with van der Waals surface area (Å²) in [5.41, 5.74) is 2.36. The number of likely N-dealkylation sites (tertiary alicyclic amines) is 1. The van der Waals surface area contributed by atoms with E-state index >= 15 is 0 Å². The molecular weight excluding hydrogens is 332 g/mol. The molecule has 1 aromatic rings. The molecule has 6 nitrogen and oxygen atoms in total. The maximum atomic E-state index is 12.5. The van der Waals surface area contributed by atoms with Crippen LogP contribution in [-0.2, 0) is 20.8 Å². The van der Waals surface area contributed by atoms with Crippen LogP contribution in [0.3, 0.4) is 0 Å². The van der Waals surface area contributed by atoms with Crippen LogP contribution in [0.1, 0.15) is 43.7 Å². The highest BCUT2D eigenvalue weighted by molar-refractivity contribution is 5.80. The van der Waals surface area contributed by atoms with Crippen molar-refractivity contribution < 1.29 is 19.5 Å². The molecule has 0 bridgehead atoms. The predicted octanol–water partition coefficient (Wildman–Crippen LogP) is 2.24. The van der Waals surface area contributed by atoms with Gasteiger partial charge in [0.25, 0.3) is 0 Å². The molecule has 1 N–H and O–H groups in total. The van der Waals surface area contributed by atoms with Crippen molar-refractivity contribution in [2.45, 2.75) is 52.0 Å². The summed E-state index contributed by atoms with van der Waals surface area (Å²) in [7, 11) is 0. The smallest absolute Gasteiger partial charge is 0.323 e. The lowest BCUT2D eigenvalue weighted by molar-refractivity contribution is -0.145. The minimum atomic E-state index is -1.00. The molecule has 1 aromatic carbocycles. The lowest BCUT2D eigenvalue weighted by Gasteiger charge is -2.28. The fraction of sp³-hybridized carbons (Fsp3) is 0.550. The zero-order valence-electron chi connectivity index (χ0n) is 15.6. The first kappa shape index (κ1) is 19.9. The van der Waals surface area contributed by atoms with Crippen LogP contribution >= 0.6 is 0 Å². The van der Waals surface area contributed by atoms with Crippen LogP contribution in [0.25, 0.3) is 0 Å². The third-order valence-corrected chi connectivity index (χ3v) is 4.95. The van der Waals surface area contributed by atoms with E-state index in [9.17, 15) is 14.4 Å². The number of carbonyl (C=O) groups is 3. The summed E-state index contributed by atoms with van der Waals surface area (Å²) in [5.74, 6) is -1.11. The van der Waals surface area contributed by atoms with E-state index < -0.39 is 5.97 Å². The number of carboxylic acid groups (broad SMARTS) is 1. The number of carboxylic acids is 1. The largest absolute Gasteiger partial charge is 0.480 e. The molecule has 0 aromatic heterocycles. The predicted molar refractivity (Wildman–Crippen MR) is 98.7 cm³/mol. The van der Waals surface area contributed by atoms with E-state index in [-0.39, 0.29) is 24.4 Å². The first-order valence-electron chi connectivity index (χ1n) is 9.19. The number of aliphatic carboxylic acids is 1. The molecule has 0 saturated carbocycles. The van der Waals surface area contributed by atoms with Gasteiger partial charge >= 0.3 is 5.97 Å². The van der Waals surface area contributed by atoms with Crippen molar-refractivity contribution >= 4 is 17.8 Å². The molecule has 6 heteroatoms. The molecule has 2 amide bonds. The van der Waals surface area contributed by atoms with Gasteiger partial charge in [0.1, 0.15) is 6.54 Å². The van der Waals surface area contributed by atoms with Crippen molar-refractivity contribution in [1.82, 2.24) is 9.80 Å². The number of amides is 2. The normalized spacial score (nSPS) is 17.5. The maximum Gasteiger partial charge on any atom is 0.323 e. The average molecular weight is 360 g/mol. The molecule has 26 heavy (non-hydrogen) atoms. The molecule has 142 valence electrons. The molecule has 0 aliphatic carbocycles. The molecule has 1 fully saturated rings. The van der Waals surface area contributed by atoms with Gasteiger partial charge in [-0.25, -0.2) is 0 Å². The van der Waals surface area contributed by atoms with E-state index in [0.717, 1.165) is 24.8 Å². The zero-order chi connectivity index (χ0) is 19.1.